The number of imidazole rings is 1. The van der Waals surface area contributed by atoms with Gasteiger partial charge in [-0.3, -0.25) is 4.79 Å². The van der Waals surface area contributed by atoms with Gasteiger partial charge in [0, 0.05) is 11.8 Å². The first-order valence-electron chi connectivity index (χ1n) is 7.58. The summed E-state index contributed by atoms with van der Waals surface area (Å²) in [5.41, 5.74) is 2.43. The van der Waals surface area contributed by atoms with Gasteiger partial charge in [0.05, 0.1) is 31.6 Å². The molecule has 1 heterocycles. The summed E-state index contributed by atoms with van der Waals surface area (Å²) in [6, 6.07) is 12.6. The summed E-state index contributed by atoms with van der Waals surface area (Å²) < 4.78 is 12.3. The van der Waals surface area contributed by atoms with Gasteiger partial charge in [0.2, 0.25) is 5.91 Å². The van der Waals surface area contributed by atoms with Gasteiger partial charge in [-0.25, -0.2) is 4.98 Å². The number of para-hydroxylation sites is 2. The van der Waals surface area contributed by atoms with Crippen LogP contribution >= 0.6 is 0 Å². The fourth-order valence-corrected chi connectivity index (χ4v) is 2.57. The summed E-state index contributed by atoms with van der Waals surface area (Å²) >= 11 is 0. The number of aromatic nitrogens is 2. The van der Waals surface area contributed by atoms with Crippen LogP contribution in [0.1, 0.15) is 13.0 Å². The van der Waals surface area contributed by atoms with E-state index in [1.165, 1.54) is 0 Å². The molecule has 0 bridgehead atoms. The maximum atomic E-state index is 12.6. The Morgan fingerprint density at radius 1 is 1.12 bits per heavy atom. The minimum atomic E-state index is -0.398. The number of amides is 1. The summed E-state index contributed by atoms with van der Waals surface area (Å²) in [7, 11) is 3.13. The minimum absolute atomic E-state index is 0.134. The quantitative estimate of drug-likeness (QED) is 0.782. The van der Waals surface area contributed by atoms with E-state index in [0.717, 1.165) is 11.0 Å². The average Bonchev–Trinajstić information content (AvgIpc) is 3.04. The van der Waals surface area contributed by atoms with Crippen LogP contribution in [0.2, 0.25) is 0 Å². The highest BCUT2D eigenvalue weighted by Crippen LogP contribution is 2.30. The Labute approximate surface area is 140 Å². The molecule has 1 amide bonds. The number of nitrogens with zero attached hydrogens (tertiary/aromatic N) is 2. The number of carbonyl (C=O) groups excluding carboxylic acids is 1. The molecule has 6 heteroatoms. The van der Waals surface area contributed by atoms with E-state index in [1.807, 2.05) is 35.8 Å². The molecular formula is C18H19N3O3. The summed E-state index contributed by atoms with van der Waals surface area (Å²) in [5.74, 6) is 1.05. The predicted molar refractivity (Wildman–Crippen MR) is 92.6 cm³/mol. The molecule has 0 radical (unpaired) electrons. The fraction of sp³-hybridized carbons (Fsp3) is 0.222. The highest BCUT2D eigenvalue weighted by Gasteiger charge is 2.18. The molecule has 3 aromatic rings. The van der Waals surface area contributed by atoms with E-state index in [1.54, 1.807) is 38.7 Å². The van der Waals surface area contributed by atoms with Gasteiger partial charge in [-0.2, -0.15) is 0 Å². The number of nitrogens with one attached hydrogen (secondary N) is 1. The first-order valence-corrected chi connectivity index (χ1v) is 7.58. The second-order valence-corrected chi connectivity index (χ2v) is 5.38. The first kappa shape index (κ1) is 15.9. The molecule has 24 heavy (non-hydrogen) atoms. The van der Waals surface area contributed by atoms with E-state index in [-0.39, 0.29) is 5.91 Å². The van der Waals surface area contributed by atoms with Crippen LogP contribution in [-0.2, 0) is 4.79 Å². The van der Waals surface area contributed by atoms with Crippen molar-refractivity contribution in [2.45, 2.75) is 13.0 Å². The Hall–Kier alpha value is -3.02. The van der Waals surface area contributed by atoms with Crippen molar-refractivity contribution in [2.75, 3.05) is 19.5 Å². The van der Waals surface area contributed by atoms with Gasteiger partial charge in [0.15, 0.2) is 11.5 Å². The molecule has 0 aliphatic heterocycles. The van der Waals surface area contributed by atoms with Crippen LogP contribution in [0.15, 0.2) is 48.8 Å². The number of anilines is 1. The lowest BCUT2D eigenvalue weighted by molar-refractivity contribution is -0.118. The molecular weight excluding hydrogens is 306 g/mol. The molecule has 0 spiro atoms. The van der Waals surface area contributed by atoms with Crippen molar-refractivity contribution in [2.24, 2.45) is 0 Å². The molecule has 1 atom stereocenters. The zero-order valence-corrected chi connectivity index (χ0v) is 13.8. The summed E-state index contributed by atoms with van der Waals surface area (Å²) in [4.78, 5) is 16.9. The topological polar surface area (TPSA) is 65.4 Å². The second-order valence-electron chi connectivity index (χ2n) is 5.38. The molecule has 0 fully saturated rings. The zero-order chi connectivity index (χ0) is 17.1. The van der Waals surface area contributed by atoms with Crippen LogP contribution in [0.25, 0.3) is 11.0 Å². The molecule has 124 valence electrons. The number of carbonyl (C=O) groups is 1. The van der Waals surface area contributed by atoms with Crippen molar-refractivity contribution in [3.05, 3.63) is 48.8 Å². The van der Waals surface area contributed by atoms with Gasteiger partial charge in [0.1, 0.15) is 6.04 Å². The molecule has 1 N–H and O–H groups in total. The molecule has 6 nitrogen and oxygen atoms in total. The summed E-state index contributed by atoms with van der Waals surface area (Å²) in [6.45, 7) is 1.84. The molecule has 1 unspecified atom stereocenters. The van der Waals surface area contributed by atoms with Gasteiger partial charge in [-0.15, -0.1) is 0 Å². The Morgan fingerprint density at radius 3 is 2.62 bits per heavy atom. The van der Waals surface area contributed by atoms with Crippen molar-refractivity contribution >= 4 is 22.6 Å². The number of methoxy groups -OCH3 is 2. The van der Waals surface area contributed by atoms with E-state index < -0.39 is 6.04 Å². The number of ether oxygens (including phenoxy) is 2. The van der Waals surface area contributed by atoms with Gasteiger partial charge in [-0.05, 0) is 31.2 Å². The van der Waals surface area contributed by atoms with Crippen LogP contribution in [-0.4, -0.2) is 29.7 Å². The standard InChI is InChI=1S/C18H19N3O3/c1-12(21-11-19-14-6-4-5-7-15(14)21)18(22)20-13-8-9-16(23-2)17(10-13)24-3/h4-12H,1-3H3,(H,20,22). The maximum absolute atomic E-state index is 12.6. The van der Waals surface area contributed by atoms with Gasteiger partial charge in [0.25, 0.3) is 0 Å². The summed E-state index contributed by atoms with van der Waals surface area (Å²) in [6.07, 6.45) is 1.68. The van der Waals surface area contributed by atoms with Gasteiger partial charge in [-0.1, -0.05) is 12.1 Å². The number of hydrogen-bond donors (Lipinski definition) is 1. The molecule has 1 aromatic heterocycles. The Balaban J connectivity index is 1.82. The third-order valence-electron chi connectivity index (χ3n) is 3.93. The third-order valence-corrected chi connectivity index (χ3v) is 3.93. The van der Waals surface area contributed by atoms with Crippen LogP contribution in [0.5, 0.6) is 11.5 Å². The minimum Gasteiger partial charge on any atom is -0.493 e. The molecule has 0 saturated heterocycles. The van der Waals surface area contributed by atoms with Crippen LogP contribution in [0.3, 0.4) is 0 Å². The lowest BCUT2D eigenvalue weighted by Crippen LogP contribution is -2.23. The molecule has 2 aromatic carbocycles. The predicted octanol–water partition coefficient (Wildman–Crippen LogP) is 3.25. The largest absolute Gasteiger partial charge is 0.493 e. The summed E-state index contributed by atoms with van der Waals surface area (Å²) in [5, 5.41) is 2.90. The fourth-order valence-electron chi connectivity index (χ4n) is 2.57. The second kappa shape index (κ2) is 6.62. The van der Waals surface area contributed by atoms with Crippen molar-refractivity contribution < 1.29 is 14.3 Å². The number of hydrogen-bond acceptors (Lipinski definition) is 4. The molecule has 3 rings (SSSR count). The first-order chi connectivity index (χ1) is 11.6. The van der Waals surface area contributed by atoms with Crippen LogP contribution in [0, 0.1) is 0 Å². The van der Waals surface area contributed by atoms with Crippen molar-refractivity contribution in [1.29, 1.82) is 0 Å². The number of rotatable bonds is 5. The van der Waals surface area contributed by atoms with Crippen molar-refractivity contribution in [3.8, 4) is 11.5 Å². The van der Waals surface area contributed by atoms with E-state index in [4.69, 9.17) is 9.47 Å². The molecule has 0 aliphatic carbocycles. The number of benzene rings is 2. The lowest BCUT2D eigenvalue weighted by Gasteiger charge is -2.15. The van der Waals surface area contributed by atoms with Gasteiger partial charge < -0.3 is 19.4 Å². The Kier molecular flexibility index (Phi) is 4.37. The SMILES string of the molecule is COc1ccc(NC(=O)C(C)n2cnc3ccccc32)cc1OC. The Bertz CT molecular complexity index is 873. The van der Waals surface area contributed by atoms with E-state index in [0.29, 0.717) is 17.2 Å². The lowest BCUT2D eigenvalue weighted by atomic mass is 10.2. The highest BCUT2D eigenvalue weighted by molar-refractivity contribution is 5.94. The smallest absolute Gasteiger partial charge is 0.247 e. The monoisotopic (exact) mass is 325 g/mol. The van der Waals surface area contributed by atoms with Crippen molar-refractivity contribution in [1.82, 2.24) is 9.55 Å². The zero-order valence-electron chi connectivity index (χ0n) is 13.8. The van der Waals surface area contributed by atoms with Crippen LogP contribution < -0.4 is 14.8 Å². The average molecular weight is 325 g/mol. The van der Waals surface area contributed by atoms with E-state index in [9.17, 15) is 4.79 Å². The normalized spacial score (nSPS) is 12.0. The van der Waals surface area contributed by atoms with Crippen molar-refractivity contribution in [3.63, 3.8) is 0 Å². The van der Waals surface area contributed by atoms with E-state index in [2.05, 4.69) is 10.3 Å². The highest BCUT2D eigenvalue weighted by atomic mass is 16.5. The third kappa shape index (κ3) is 2.90. The maximum Gasteiger partial charge on any atom is 0.247 e. The Morgan fingerprint density at radius 2 is 1.88 bits per heavy atom. The number of fused-ring (bicyclic) bond motifs is 1. The molecule has 0 saturated carbocycles. The molecule has 0 aliphatic rings. The van der Waals surface area contributed by atoms with Crippen LogP contribution in [0.4, 0.5) is 5.69 Å². The van der Waals surface area contributed by atoms with Gasteiger partial charge >= 0.3 is 0 Å². The van der Waals surface area contributed by atoms with E-state index >= 15 is 0 Å².